The number of aryl methyl sites for hydroxylation is 1. The molecule has 1 heterocycles. The zero-order valence-corrected chi connectivity index (χ0v) is 11.3. The summed E-state index contributed by atoms with van der Waals surface area (Å²) in [6.07, 6.45) is 0. The SMILES string of the molecule is Cc1nc(Cl)c(C)c(-c2ccccc2Br)n1. The minimum atomic E-state index is 0.512. The zero-order chi connectivity index (χ0) is 11.7. The highest BCUT2D eigenvalue weighted by molar-refractivity contribution is 9.10. The summed E-state index contributed by atoms with van der Waals surface area (Å²) in [5, 5.41) is 0.512. The summed E-state index contributed by atoms with van der Waals surface area (Å²) in [5.41, 5.74) is 2.82. The molecule has 82 valence electrons. The lowest BCUT2D eigenvalue weighted by Gasteiger charge is -2.09. The van der Waals surface area contributed by atoms with Gasteiger partial charge in [-0.05, 0) is 19.9 Å². The van der Waals surface area contributed by atoms with Crippen molar-refractivity contribution in [2.45, 2.75) is 13.8 Å². The van der Waals surface area contributed by atoms with E-state index < -0.39 is 0 Å². The molecule has 1 aromatic heterocycles. The standard InChI is InChI=1S/C12H10BrClN2/c1-7-11(15-8(2)16-12(7)14)9-5-3-4-6-10(9)13/h3-6H,1-2H3. The van der Waals surface area contributed by atoms with Gasteiger partial charge in [0.05, 0.1) is 5.69 Å². The first kappa shape index (κ1) is 11.6. The van der Waals surface area contributed by atoms with Crippen molar-refractivity contribution >= 4 is 27.5 Å². The van der Waals surface area contributed by atoms with Gasteiger partial charge in [0.2, 0.25) is 0 Å². The van der Waals surface area contributed by atoms with E-state index in [-0.39, 0.29) is 0 Å². The van der Waals surface area contributed by atoms with E-state index in [0.29, 0.717) is 11.0 Å². The van der Waals surface area contributed by atoms with Crippen LogP contribution in [0.3, 0.4) is 0 Å². The van der Waals surface area contributed by atoms with Gasteiger partial charge in [-0.2, -0.15) is 0 Å². The number of hydrogen-bond acceptors (Lipinski definition) is 2. The Balaban J connectivity index is 2.69. The van der Waals surface area contributed by atoms with Crippen LogP contribution >= 0.6 is 27.5 Å². The highest BCUT2D eigenvalue weighted by atomic mass is 79.9. The predicted molar refractivity (Wildman–Crippen MR) is 69.7 cm³/mol. The number of hydrogen-bond donors (Lipinski definition) is 0. The van der Waals surface area contributed by atoms with Crippen molar-refractivity contribution in [1.82, 2.24) is 9.97 Å². The number of rotatable bonds is 1. The smallest absolute Gasteiger partial charge is 0.136 e. The van der Waals surface area contributed by atoms with Crippen molar-refractivity contribution in [1.29, 1.82) is 0 Å². The molecule has 0 bridgehead atoms. The second-order valence-corrected chi connectivity index (χ2v) is 4.73. The fourth-order valence-electron chi connectivity index (χ4n) is 1.51. The van der Waals surface area contributed by atoms with Crippen molar-refractivity contribution in [3.05, 3.63) is 45.3 Å². The highest BCUT2D eigenvalue weighted by Gasteiger charge is 2.11. The summed E-state index contributed by atoms with van der Waals surface area (Å²) in [6.45, 7) is 3.77. The van der Waals surface area contributed by atoms with Crippen LogP contribution in [-0.4, -0.2) is 9.97 Å². The predicted octanol–water partition coefficient (Wildman–Crippen LogP) is 4.18. The summed E-state index contributed by atoms with van der Waals surface area (Å²) in [7, 11) is 0. The number of nitrogens with zero attached hydrogens (tertiary/aromatic N) is 2. The van der Waals surface area contributed by atoms with Gasteiger partial charge in [0.1, 0.15) is 11.0 Å². The molecule has 0 unspecified atom stereocenters. The molecule has 0 spiro atoms. The fourth-order valence-corrected chi connectivity index (χ4v) is 2.19. The van der Waals surface area contributed by atoms with Crippen molar-refractivity contribution < 1.29 is 0 Å². The molecular formula is C12H10BrClN2. The molecule has 0 atom stereocenters. The summed E-state index contributed by atoms with van der Waals surface area (Å²) < 4.78 is 1.01. The van der Waals surface area contributed by atoms with Gasteiger partial charge in [-0.15, -0.1) is 0 Å². The van der Waals surface area contributed by atoms with Gasteiger partial charge in [0.25, 0.3) is 0 Å². The Hall–Kier alpha value is -0.930. The second-order valence-electron chi connectivity index (χ2n) is 3.52. The van der Waals surface area contributed by atoms with E-state index in [2.05, 4.69) is 25.9 Å². The lowest BCUT2D eigenvalue weighted by molar-refractivity contribution is 1.04. The number of halogens is 2. The third-order valence-electron chi connectivity index (χ3n) is 2.33. The Morgan fingerprint density at radius 2 is 1.81 bits per heavy atom. The molecule has 2 rings (SSSR count). The number of aromatic nitrogens is 2. The molecule has 0 amide bonds. The molecule has 0 saturated carbocycles. The van der Waals surface area contributed by atoms with Crippen LogP contribution in [0.2, 0.25) is 5.15 Å². The average molecular weight is 298 g/mol. The summed E-state index contributed by atoms with van der Waals surface area (Å²) >= 11 is 9.57. The maximum absolute atomic E-state index is 6.05. The monoisotopic (exact) mass is 296 g/mol. The first-order chi connectivity index (χ1) is 7.59. The van der Waals surface area contributed by atoms with Crippen LogP contribution < -0.4 is 0 Å². The Labute approximate surface area is 108 Å². The van der Waals surface area contributed by atoms with Crippen molar-refractivity contribution in [2.75, 3.05) is 0 Å². The summed E-state index contributed by atoms with van der Waals surface area (Å²) in [4.78, 5) is 8.57. The summed E-state index contributed by atoms with van der Waals surface area (Å²) in [6, 6.07) is 7.94. The van der Waals surface area contributed by atoms with E-state index in [4.69, 9.17) is 11.6 Å². The first-order valence-electron chi connectivity index (χ1n) is 4.85. The van der Waals surface area contributed by atoms with Crippen LogP contribution in [0.5, 0.6) is 0 Å². The summed E-state index contributed by atoms with van der Waals surface area (Å²) in [5.74, 6) is 0.682. The third kappa shape index (κ3) is 2.11. The van der Waals surface area contributed by atoms with E-state index in [1.54, 1.807) is 0 Å². The molecule has 16 heavy (non-hydrogen) atoms. The normalized spacial score (nSPS) is 10.5. The number of benzene rings is 1. The molecule has 0 aliphatic carbocycles. The molecule has 0 saturated heterocycles. The topological polar surface area (TPSA) is 25.8 Å². The van der Waals surface area contributed by atoms with Gasteiger partial charge < -0.3 is 0 Å². The quantitative estimate of drug-likeness (QED) is 0.738. The van der Waals surface area contributed by atoms with Gasteiger partial charge in [0.15, 0.2) is 0 Å². The maximum Gasteiger partial charge on any atom is 0.136 e. The Bertz CT molecular complexity index is 541. The van der Waals surface area contributed by atoms with Crippen LogP contribution in [0.4, 0.5) is 0 Å². The van der Waals surface area contributed by atoms with E-state index in [1.807, 2.05) is 38.1 Å². The van der Waals surface area contributed by atoms with Crippen LogP contribution in [0, 0.1) is 13.8 Å². The molecule has 4 heteroatoms. The van der Waals surface area contributed by atoms with Gasteiger partial charge >= 0.3 is 0 Å². The average Bonchev–Trinajstić information content (AvgIpc) is 2.24. The molecule has 0 aliphatic rings. The van der Waals surface area contributed by atoms with E-state index in [9.17, 15) is 0 Å². The molecule has 2 aromatic rings. The van der Waals surface area contributed by atoms with Gasteiger partial charge in [-0.1, -0.05) is 45.7 Å². The van der Waals surface area contributed by atoms with Crippen LogP contribution in [0.15, 0.2) is 28.7 Å². The molecule has 1 aromatic carbocycles. The zero-order valence-electron chi connectivity index (χ0n) is 8.96. The Morgan fingerprint density at radius 1 is 1.12 bits per heavy atom. The van der Waals surface area contributed by atoms with Crippen molar-refractivity contribution in [3.63, 3.8) is 0 Å². The van der Waals surface area contributed by atoms with Crippen molar-refractivity contribution in [2.24, 2.45) is 0 Å². The molecule has 2 nitrogen and oxygen atoms in total. The van der Waals surface area contributed by atoms with E-state index in [0.717, 1.165) is 21.3 Å². The maximum atomic E-state index is 6.05. The second kappa shape index (κ2) is 4.52. The molecular weight excluding hydrogens is 288 g/mol. The van der Waals surface area contributed by atoms with Crippen LogP contribution in [0.25, 0.3) is 11.3 Å². The lowest BCUT2D eigenvalue weighted by atomic mass is 10.1. The van der Waals surface area contributed by atoms with Gasteiger partial charge in [-0.25, -0.2) is 9.97 Å². The lowest BCUT2D eigenvalue weighted by Crippen LogP contribution is -1.96. The van der Waals surface area contributed by atoms with E-state index >= 15 is 0 Å². The largest absolute Gasteiger partial charge is 0.233 e. The van der Waals surface area contributed by atoms with Gasteiger partial charge in [-0.3, -0.25) is 0 Å². The minimum Gasteiger partial charge on any atom is -0.233 e. The first-order valence-corrected chi connectivity index (χ1v) is 6.02. The van der Waals surface area contributed by atoms with Crippen LogP contribution in [-0.2, 0) is 0 Å². The van der Waals surface area contributed by atoms with Crippen LogP contribution in [0.1, 0.15) is 11.4 Å². The molecule has 0 N–H and O–H groups in total. The van der Waals surface area contributed by atoms with Gasteiger partial charge in [0, 0.05) is 15.6 Å². The highest BCUT2D eigenvalue weighted by Crippen LogP contribution is 2.30. The van der Waals surface area contributed by atoms with Crippen molar-refractivity contribution in [3.8, 4) is 11.3 Å². The fraction of sp³-hybridized carbons (Fsp3) is 0.167. The minimum absolute atomic E-state index is 0.512. The molecule has 0 fully saturated rings. The Kier molecular flexibility index (Phi) is 3.26. The molecule has 0 radical (unpaired) electrons. The third-order valence-corrected chi connectivity index (χ3v) is 3.39. The molecule has 0 aliphatic heterocycles. The van der Waals surface area contributed by atoms with E-state index in [1.165, 1.54) is 0 Å². The Morgan fingerprint density at radius 3 is 2.50 bits per heavy atom.